The molecule has 2 aromatic rings. The maximum atomic E-state index is 13.0. The Labute approximate surface area is 170 Å². The number of likely N-dealkylation sites (N-methyl/N-ethyl adjacent to an activating group) is 1. The first-order chi connectivity index (χ1) is 13.8. The van der Waals surface area contributed by atoms with Gasteiger partial charge in [0.2, 0.25) is 5.91 Å². The van der Waals surface area contributed by atoms with Crippen LogP contribution in [0.3, 0.4) is 0 Å². The number of nitrogens with two attached hydrogens (primary N) is 1. The average molecular weight is 394 g/mol. The molecule has 1 atom stereocenters. The number of nitrogen functional groups attached to an aromatic ring is 1. The predicted molar refractivity (Wildman–Crippen MR) is 113 cm³/mol. The molecular formula is C22H26N4O3. The molecule has 1 aliphatic rings. The Morgan fingerprint density at radius 2 is 1.90 bits per heavy atom. The fourth-order valence-corrected chi connectivity index (χ4v) is 3.51. The highest BCUT2D eigenvalue weighted by Crippen LogP contribution is 2.22. The molecule has 7 nitrogen and oxygen atoms in total. The quantitative estimate of drug-likeness (QED) is 0.602. The third-order valence-corrected chi connectivity index (χ3v) is 5.09. The van der Waals surface area contributed by atoms with Crippen molar-refractivity contribution in [3.63, 3.8) is 0 Å². The van der Waals surface area contributed by atoms with E-state index in [4.69, 9.17) is 5.73 Å². The lowest BCUT2D eigenvalue weighted by Crippen LogP contribution is -2.47. The Morgan fingerprint density at radius 1 is 1.17 bits per heavy atom. The van der Waals surface area contributed by atoms with Crippen molar-refractivity contribution in [3.05, 3.63) is 59.7 Å². The molecule has 0 aliphatic carbocycles. The van der Waals surface area contributed by atoms with Gasteiger partial charge in [-0.1, -0.05) is 24.3 Å². The number of nitrogens with one attached hydrogen (secondary N) is 1. The number of Topliss-reactive ketones (excluding diaryl/α,β-unsaturated/α-hetero) is 1. The SMILES string of the molecule is CC(=O)c1cccc(NC(=O)N2CCCC2C(=O)N(C)Cc2ccc(N)cc2)c1. The summed E-state index contributed by atoms with van der Waals surface area (Å²) in [6, 6.07) is 13.3. The fourth-order valence-electron chi connectivity index (χ4n) is 3.51. The molecule has 1 fully saturated rings. The van der Waals surface area contributed by atoms with E-state index >= 15 is 0 Å². The molecule has 0 aromatic heterocycles. The second-order valence-electron chi connectivity index (χ2n) is 7.35. The summed E-state index contributed by atoms with van der Waals surface area (Å²) < 4.78 is 0. The summed E-state index contributed by atoms with van der Waals surface area (Å²) in [5, 5.41) is 2.81. The summed E-state index contributed by atoms with van der Waals surface area (Å²) >= 11 is 0. The van der Waals surface area contributed by atoms with Gasteiger partial charge in [0.1, 0.15) is 6.04 Å². The summed E-state index contributed by atoms with van der Waals surface area (Å²) in [5.74, 6) is -0.161. The van der Waals surface area contributed by atoms with Crippen molar-refractivity contribution in [2.24, 2.45) is 0 Å². The summed E-state index contributed by atoms with van der Waals surface area (Å²) in [7, 11) is 1.74. The Kier molecular flexibility index (Phi) is 6.16. The zero-order chi connectivity index (χ0) is 21.0. The van der Waals surface area contributed by atoms with Crippen LogP contribution in [0.5, 0.6) is 0 Å². The molecule has 0 bridgehead atoms. The first-order valence-corrected chi connectivity index (χ1v) is 9.63. The second-order valence-corrected chi connectivity index (χ2v) is 7.35. The second kappa shape index (κ2) is 8.77. The Hall–Kier alpha value is -3.35. The standard InChI is InChI=1S/C22H26N4O3/c1-15(27)17-5-3-6-19(13-17)24-22(29)26-12-4-7-20(26)21(28)25(2)14-16-8-10-18(23)11-9-16/h3,5-6,8-11,13,20H,4,7,12,14,23H2,1-2H3,(H,24,29). The van der Waals surface area contributed by atoms with Gasteiger partial charge in [-0.3, -0.25) is 9.59 Å². The summed E-state index contributed by atoms with van der Waals surface area (Å²) in [5.41, 5.74) is 8.43. The summed E-state index contributed by atoms with van der Waals surface area (Å²) in [6.45, 7) is 2.45. The Morgan fingerprint density at radius 3 is 2.59 bits per heavy atom. The van der Waals surface area contributed by atoms with Gasteiger partial charge in [0.15, 0.2) is 5.78 Å². The fraction of sp³-hybridized carbons (Fsp3) is 0.318. The maximum Gasteiger partial charge on any atom is 0.322 e. The van der Waals surface area contributed by atoms with Crippen LogP contribution in [-0.2, 0) is 11.3 Å². The van der Waals surface area contributed by atoms with Crippen molar-refractivity contribution in [2.75, 3.05) is 24.6 Å². The molecule has 0 radical (unpaired) electrons. The number of anilines is 2. The highest BCUT2D eigenvalue weighted by atomic mass is 16.2. The van der Waals surface area contributed by atoms with Crippen molar-refractivity contribution in [1.82, 2.24) is 9.80 Å². The number of carbonyl (C=O) groups is 3. The van der Waals surface area contributed by atoms with E-state index in [-0.39, 0.29) is 17.7 Å². The molecular weight excluding hydrogens is 368 g/mol. The van der Waals surface area contributed by atoms with Crippen molar-refractivity contribution in [3.8, 4) is 0 Å². The van der Waals surface area contributed by atoms with E-state index in [0.717, 1.165) is 12.0 Å². The topological polar surface area (TPSA) is 95.7 Å². The monoisotopic (exact) mass is 394 g/mol. The molecule has 1 saturated heterocycles. The van der Waals surface area contributed by atoms with E-state index in [0.29, 0.717) is 36.4 Å². The van der Waals surface area contributed by atoms with E-state index in [1.54, 1.807) is 53.2 Å². The number of carbonyl (C=O) groups excluding carboxylic acids is 3. The molecule has 152 valence electrons. The third-order valence-electron chi connectivity index (χ3n) is 5.09. The normalized spacial score (nSPS) is 15.8. The number of nitrogens with zero attached hydrogens (tertiary/aromatic N) is 2. The van der Waals surface area contributed by atoms with Crippen LogP contribution >= 0.6 is 0 Å². The molecule has 2 aromatic carbocycles. The lowest BCUT2D eigenvalue weighted by atomic mass is 10.1. The minimum Gasteiger partial charge on any atom is -0.399 e. The van der Waals surface area contributed by atoms with E-state index in [1.807, 2.05) is 12.1 Å². The van der Waals surface area contributed by atoms with E-state index in [2.05, 4.69) is 5.32 Å². The molecule has 3 N–H and O–H groups in total. The van der Waals surface area contributed by atoms with Crippen LogP contribution in [-0.4, -0.2) is 47.2 Å². The average Bonchev–Trinajstić information content (AvgIpc) is 3.19. The van der Waals surface area contributed by atoms with Crippen molar-refractivity contribution in [1.29, 1.82) is 0 Å². The largest absolute Gasteiger partial charge is 0.399 e. The number of likely N-dealkylation sites (tertiary alicyclic amines) is 1. The van der Waals surface area contributed by atoms with E-state index in [1.165, 1.54) is 6.92 Å². The first kappa shape index (κ1) is 20.4. The van der Waals surface area contributed by atoms with Gasteiger partial charge in [0, 0.05) is 37.1 Å². The summed E-state index contributed by atoms with van der Waals surface area (Å²) in [6.07, 6.45) is 1.40. The first-order valence-electron chi connectivity index (χ1n) is 9.63. The predicted octanol–water partition coefficient (Wildman–Crippen LogP) is 3.13. The lowest BCUT2D eigenvalue weighted by molar-refractivity contribution is -0.134. The molecule has 1 aliphatic heterocycles. The van der Waals surface area contributed by atoms with Gasteiger partial charge in [-0.05, 0) is 49.6 Å². The molecule has 29 heavy (non-hydrogen) atoms. The number of urea groups is 1. The van der Waals surface area contributed by atoms with Gasteiger partial charge >= 0.3 is 6.03 Å². The number of ketones is 1. The Balaban J connectivity index is 1.65. The van der Waals surface area contributed by atoms with Crippen molar-refractivity contribution < 1.29 is 14.4 Å². The zero-order valence-corrected chi connectivity index (χ0v) is 16.7. The number of rotatable bonds is 5. The molecule has 1 unspecified atom stereocenters. The molecule has 0 spiro atoms. The summed E-state index contributed by atoms with van der Waals surface area (Å²) in [4.78, 5) is 40.5. The van der Waals surface area contributed by atoms with Crippen LogP contribution < -0.4 is 11.1 Å². The van der Waals surface area contributed by atoms with Gasteiger partial charge in [-0.15, -0.1) is 0 Å². The van der Waals surface area contributed by atoms with E-state index in [9.17, 15) is 14.4 Å². The third kappa shape index (κ3) is 4.93. The lowest BCUT2D eigenvalue weighted by Gasteiger charge is -2.28. The van der Waals surface area contributed by atoms with Crippen LogP contribution in [0, 0.1) is 0 Å². The van der Waals surface area contributed by atoms with Gasteiger partial charge in [0.05, 0.1) is 0 Å². The van der Waals surface area contributed by atoms with Crippen LogP contribution in [0.2, 0.25) is 0 Å². The van der Waals surface area contributed by atoms with Crippen LogP contribution in [0.4, 0.5) is 16.2 Å². The minimum atomic E-state index is -0.496. The molecule has 7 heteroatoms. The van der Waals surface area contributed by atoms with Gasteiger partial charge in [0.25, 0.3) is 0 Å². The number of benzene rings is 2. The maximum absolute atomic E-state index is 13.0. The number of amides is 3. The zero-order valence-electron chi connectivity index (χ0n) is 16.7. The van der Waals surface area contributed by atoms with E-state index < -0.39 is 6.04 Å². The Bertz CT molecular complexity index is 911. The van der Waals surface area contributed by atoms with Gasteiger partial charge in [-0.2, -0.15) is 0 Å². The van der Waals surface area contributed by atoms with Crippen LogP contribution in [0.15, 0.2) is 48.5 Å². The number of hydrogen-bond acceptors (Lipinski definition) is 4. The van der Waals surface area contributed by atoms with Crippen molar-refractivity contribution in [2.45, 2.75) is 32.4 Å². The highest BCUT2D eigenvalue weighted by Gasteiger charge is 2.35. The number of hydrogen-bond donors (Lipinski definition) is 2. The van der Waals surface area contributed by atoms with Gasteiger partial charge < -0.3 is 20.9 Å². The minimum absolute atomic E-state index is 0.0698. The molecule has 3 amide bonds. The highest BCUT2D eigenvalue weighted by molar-refractivity contribution is 5.97. The smallest absolute Gasteiger partial charge is 0.322 e. The van der Waals surface area contributed by atoms with Crippen LogP contribution in [0.25, 0.3) is 0 Å². The molecule has 3 rings (SSSR count). The molecule has 0 saturated carbocycles. The van der Waals surface area contributed by atoms with Gasteiger partial charge in [-0.25, -0.2) is 4.79 Å². The van der Waals surface area contributed by atoms with Crippen LogP contribution in [0.1, 0.15) is 35.7 Å². The van der Waals surface area contributed by atoms with Crippen molar-refractivity contribution >= 4 is 29.1 Å². The molecule has 1 heterocycles.